The maximum absolute atomic E-state index is 2.55. The first-order valence-corrected chi connectivity index (χ1v) is 25.9. The number of fused-ring (bicyclic) bond motifs is 16. The fourth-order valence-corrected chi connectivity index (χ4v) is 13.9. The van der Waals surface area contributed by atoms with Gasteiger partial charge in [0.05, 0.1) is 27.8 Å². The highest BCUT2D eigenvalue weighted by Gasteiger charge is 2.37. The Morgan fingerprint density at radius 2 is 0.861 bits per heavy atom. The number of hydrogen-bond donors (Lipinski definition) is 0. The van der Waals surface area contributed by atoms with Crippen LogP contribution < -0.4 is 0 Å². The maximum atomic E-state index is 2.55. The quantitative estimate of drug-likeness (QED) is 0.166. The third-order valence-electron chi connectivity index (χ3n) is 16.2. The van der Waals surface area contributed by atoms with Crippen molar-refractivity contribution in [2.75, 3.05) is 0 Å². The molecule has 1 aliphatic carbocycles. The number of benzene rings is 12. The predicted octanol–water partition coefficient (Wildman–Crippen LogP) is 19.3. The summed E-state index contributed by atoms with van der Waals surface area (Å²) in [5.41, 5.74) is 17.2. The maximum Gasteiger partial charge on any atom is 0.0547 e. The van der Waals surface area contributed by atoms with Crippen LogP contribution >= 0.6 is 11.3 Å². The number of aromatic nitrogens is 2. The zero-order valence-corrected chi connectivity index (χ0v) is 40.6. The van der Waals surface area contributed by atoms with Crippen LogP contribution in [0.25, 0.3) is 141 Å². The average Bonchev–Trinajstić information content (AvgIpc) is 4.13. The van der Waals surface area contributed by atoms with Crippen LogP contribution in [0.1, 0.15) is 25.0 Å². The molecule has 0 amide bonds. The van der Waals surface area contributed by atoms with E-state index >= 15 is 0 Å². The van der Waals surface area contributed by atoms with Crippen LogP contribution in [0.5, 0.6) is 0 Å². The third-order valence-corrected chi connectivity index (χ3v) is 17.4. The molecule has 0 fully saturated rings. The fraction of sp³-hybridized carbons (Fsp3) is 0.0435. The molecule has 0 radical (unpaired) electrons. The molecule has 0 unspecified atom stereocenters. The van der Waals surface area contributed by atoms with Gasteiger partial charge in [-0.25, -0.2) is 0 Å². The molecule has 2 nitrogen and oxygen atoms in total. The zero-order chi connectivity index (χ0) is 47.4. The van der Waals surface area contributed by atoms with Gasteiger partial charge in [-0.3, -0.25) is 0 Å². The van der Waals surface area contributed by atoms with Gasteiger partial charge in [-0.15, -0.1) is 11.3 Å². The van der Waals surface area contributed by atoms with Crippen molar-refractivity contribution in [3.8, 4) is 44.8 Å². The molecule has 336 valence electrons. The summed E-state index contributed by atoms with van der Waals surface area (Å²) < 4.78 is 7.71. The zero-order valence-electron chi connectivity index (χ0n) is 39.7. The lowest BCUT2D eigenvalue weighted by Gasteiger charge is -2.23. The SMILES string of the molecule is CC1(C)c2ccccc2-c2c1cc(-n1c3ccccc3c3ccc(-c4cc(-c5ccc6sc7ccccc7c6c5)cc(-n5c6cc7ccccc7cc6c6cc7ccccc7cc65)c4)cc31)c1ccccc21. The topological polar surface area (TPSA) is 9.86 Å². The fourth-order valence-electron chi connectivity index (χ4n) is 12.8. The molecule has 16 rings (SSSR count). The van der Waals surface area contributed by atoms with Gasteiger partial charge >= 0.3 is 0 Å². The summed E-state index contributed by atoms with van der Waals surface area (Å²) in [6.45, 7) is 4.79. The molecule has 0 saturated heterocycles. The molecule has 0 saturated carbocycles. The minimum Gasteiger partial charge on any atom is -0.309 e. The van der Waals surface area contributed by atoms with Crippen LogP contribution in [0.4, 0.5) is 0 Å². The average molecular weight is 933 g/mol. The molecule has 3 aromatic heterocycles. The molecule has 0 N–H and O–H groups in total. The van der Waals surface area contributed by atoms with Crippen molar-refractivity contribution in [2.24, 2.45) is 0 Å². The number of rotatable bonds is 4. The second-order valence-corrected chi connectivity index (χ2v) is 21.5. The van der Waals surface area contributed by atoms with Crippen molar-refractivity contribution in [1.29, 1.82) is 0 Å². The Bertz CT molecular complexity index is 4750. The molecule has 72 heavy (non-hydrogen) atoms. The van der Waals surface area contributed by atoms with Crippen molar-refractivity contribution in [2.45, 2.75) is 19.3 Å². The smallest absolute Gasteiger partial charge is 0.0547 e. The minimum absolute atomic E-state index is 0.158. The molecule has 0 spiro atoms. The largest absolute Gasteiger partial charge is 0.309 e. The van der Waals surface area contributed by atoms with E-state index in [0.29, 0.717) is 0 Å². The lowest BCUT2D eigenvalue weighted by molar-refractivity contribution is 0.660. The molecule has 15 aromatic rings. The normalized spacial score (nSPS) is 13.2. The summed E-state index contributed by atoms with van der Waals surface area (Å²) in [4.78, 5) is 0. The molecule has 0 bridgehead atoms. The Balaban J connectivity index is 0.986. The van der Waals surface area contributed by atoms with Gasteiger partial charge in [0.2, 0.25) is 0 Å². The Morgan fingerprint density at radius 1 is 0.319 bits per heavy atom. The lowest BCUT2D eigenvalue weighted by atomic mass is 9.81. The molecule has 1 aliphatic rings. The van der Waals surface area contributed by atoms with E-state index in [0.717, 1.165) is 5.69 Å². The van der Waals surface area contributed by atoms with Gasteiger partial charge in [-0.1, -0.05) is 166 Å². The molecular formula is C69H44N2S. The van der Waals surface area contributed by atoms with Crippen molar-refractivity contribution in [3.05, 3.63) is 242 Å². The Labute approximate surface area is 419 Å². The van der Waals surface area contributed by atoms with E-state index < -0.39 is 0 Å². The second kappa shape index (κ2) is 14.6. The Kier molecular flexibility index (Phi) is 8.14. The number of nitrogens with zero attached hydrogens (tertiary/aromatic N) is 2. The minimum atomic E-state index is -0.158. The van der Waals surface area contributed by atoms with Gasteiger partial charge in [0.15, 0.2) is 0 Å². The van der Waals surface area contributed by atoms with Crippen molar-refractivity contribution >= 4 is 107 Å². The molecule has 0 aliphatic heterocycles. The first kappa shape index (κ1) is 40.0. The van der Waals surface area contributed by atoms with Crippen molar-refractivity contribution < 1.29 is 0 Å². The van der Waals surface area contributed by atoms with Gasteiger partial charge in [-0.05, 0) is 150 Å². The number of thiophene rings is 1. The summed E-state index contributed by atoms with van der Waals surface area (Å²) >= 11 is 1.87. The van der Waals surface area contributed by atoms with Gasteiger partial charge < -0.3 is 9.13 Å². The van der Waals surface area contributed by atoms with E-state index in [9.17, 15) is 0 Å². The van der Waals surface area contributed by atoms with Crippen LogP contribution in [0.15, 0.2) is 231 Å². The van der Waals surface area contributed by atoms with Gasteiger partial charge in [0, 0.05) is 58.2 Å². The monoisotopic (exact) mass is 932 g/mol. The summed E-state index contributed by atoms with van der Waals surface area (Å²) in [6.07, 6.45) is 0. The summed E-state index contributed by atoms with van der Waals surface area (Å²) in [5, 5.41) is 15.1. The molecule has 12 aromatic carbocycles. The van der Waals surface area contributed by atoms with Gasteiger partial charge in [0.1, 0.15) is 0 Å². The van der Waals surface area contributed by atoms with E-state index in [4.69, 9.17) is 0 Å². The van der Waals surface area contributed by atoms with E-state index in [1.165, 1.54) is 146 Å². The van der Waals surface area contributed by atoms with Crippen molar-refractivity contribution in [3.63, 3.8) is 0 Å². The van der Waals surface area contributed by atoms with Crippen LogP contribution in [-0.2, 0) is 5.41 Å². The van der Waals surface area contributed by atoms with E-state index in [2.05, 4.69) is 254 Å². The first-order chi connectivity index (χ1) is 35.4. The van der Waals surface area contributed by atoms with E-state index in [1.807, 2.05) is 11.3 Å². The lowest BCUT2D eigenvalue weighted by Crippen LogP contribution is -2.15. The van der Waals surface area contributed by atoms with E-state index in [1.54, 1.807) is 0 Å². The Hall–Kier alpha value is -8.76. The number of para-hydroxylation sites is 1. The van der Waals surface area contributed by atoms with Crippen LogP contribution in [0, 0.1) is 0 Å². The molecule has 3 heterocycles. The molecule has 3 heteroatoms. The van der Waals surface area contributed by atoms with E-state index in [-0.39, 0.29) is 5.41 Å². The van der Waals surface area contributed by atoms with Crippen molar-refractivity contribution in [1.82, 2.24) is 9.13 Å². The third kappa shape index (κ3) is 5.60. The highest BCUT2D eigenvalue weighted by atomic mass is 32.1. The summed E-state index contributed by atoms with van der Waals surface area (Å²) in [7, 11) is 0. The van der Waals surface area contributed by atoms with Gasteiger partial charge in [0.25, 0.3) is 0 Å². The number of hydrogen-bond acceptors (Lipinski definition) is 1. The van der Waals surface area contributed by atoms with Crippen LogP contribution in [0.3, 0.4) is 0 Å². The van der Waals surface area contributed by atoms with Crippen LogP contribution in [-0.4, -0.2) is 9.13 Å². The second-order valence-electron chi connectivity index (χ2n) is 20.5. The first-order valence-electron chi connectivity index (χ1n) is 25.1. The summed E-state index contributed by atoms with van der Waals surface area (Å²) in [5.74, 6) is 0. The summed E-state index contributed by atoms with van der Waals surface area (Å²) in [6, 6.07) is 87.1. The van der Waals surface area contributed by atoms with Crippen LogP contribution in [0.2, 0.25) is 0 Å². The predicted molar refractivity (Wildman–Crippen MR) is 309 cm³/mol. The molecule has 0 atom stereocenters. The Morgan fingerprint density at radius 3 is 1.60 bits per heavy atom. The highest BCUT2D eigenvalue weighted by Crippen LogP contribution is 2.53. The highest BCUT2D eigenvalue weighted by molar-refractivity contribution is 7.25. The standard InChI is InChI=1S/C69H44N2S/c1-69(2)59-24-12-9-23-55(59)68-54-22-8-7-20-51(54)65(40-60(68)69)71-61-25-13-10-19-50(61)52-29-27-46(39-62(52)71)48-31-47(45-28-30-67-58(36-45)53-21-11-14-26-66(53)72-67)32-49(33-48)70-63-37-43-17-5-3-15-41(43)34-56(63)57-35-42-16-4-6-18-44(42)38-64(57)70/h3-40H,1-2H3. The molecular weight excluding hydrogens is 889 g/mol. The van der Waals surface area contributed by atoms with Gasteiger partial charge in [-0.2, -0.15) is 0 Å².